The number of nitrogens with zero attached hydrogens (tertiary/aromatic N) is 2. The molecule has 0 radical (unpaired) electrons. The van der Waals surface area contributed by atoms with Crippen molar-refractivity contribution >= 4 is 34.7 Å². The lowest BCUT2D eigenvalue weighted by molar-refractivity contribution is -0.121. The first-order valence-corrected chi connectivity index (χ1v) is 9.97. The average Bonchev–Trinajstić information content (AvgIpc) is 3.28. The Kier molecular flexibility index (Phi) is 6.48. The molecule has 1 amide bonds. The minimum absolute atomic E-state index is 0.0895. The summed E-state index contributed by atoms with van der Waals surface area (Å²) in [4.78, 5) is 53.0. The molecule has 0 saturated carbocycles. The summed E-state index contributed by atoms with van der Waals surface area (Å²) in [6.45, 7) is 1.28. The summed E-state index contributed by atoms with van der Waals surface area (Å²) in [5.74, 6) is -1.41. The molecule has 3 rings (SSSR count). The van der Waals surface area contributed by atoms with Crippen LogP contribution in [-0.4, -0.2) is 34.6 Å². The highest BCUT2D eigenvalue weighted by Gasteiger charge is 2.24. The minimum Gasteiger partial charge on any atom is -0.451 e. The third-order valence-corrected chi connectivity index (χ3v) is 5.18. The van der Waals surface area contributed by atoms with E-state index in [0.717, 1.165) is 10.5 Å². The fourth-order valence-corrected chi connectivity index (χ4v) is 3.51. The highest BCUT2D eigenvalue weighted by Crippen LogP contribution is 2.18. The van der Waals surface area contributed by atoms with Crippen LogP contribution < -0.4 is 21.9 Å². The van der Waals surface area contributed by atoms with Crippen LogP contribution >= 0.6 is 11.3 Å². The second kappa shape index (κ2) is 9.23. The molecule has 3 N–H and O–H groups in total. The molecule has 10 heteroatoms. The molecule has 0 unspecified atom stereocenters. The minimum atomic E-state index is -0.790. The van der Waals surface area contributed by atoms with Crippen molar-refractivity contribution in [3.8, 4) is 0 Å². The molecule has 9 nitrogen and oxygen atoms in total. The van der Waals surface area contributed by atoms with Gasteiger partial charge in [-0.05, 0) is 23.9 Å². The molecule has 0 saturated heterocycles. The molecule has 3 aromatic rings. The van der Waals surface area contributed by atoms with Crippen molar-refractivity contribution < 1.29 is 14.3 Å². The molecule has 0 fully saturated rings. The lowest BCUT2D eigenvalue weighted by Crippen LogP contribution is -2.42. The predicted molar refractivity (Wildman–Crippen MR) is 114 cm³/mol. The molecule has 2 heterocycles. The van der Waals surface area contributed by atoms with Crippen LogP contribution in [0.1, 0.15) is 22.2 Å². The van der Waals surface area contributed by atoms with Crippen LogP contribution in [0.3, 0.4) is 0 Å². The first kappa shape index (κ1) is 21.1. The van der Waals surface area contributed by atoms with Gasteiger partial charge in [-0.1, -0.05) is 36.4 Å². The Morgan fingerprint density at radius 2 is 1.90 bits per heavy atom. The third kappa shape index (κ3) is 4.49. The van der Waals surface area contributed by atoms with Gasteiger partial charge in [-0.2, -0.15) is 0 Å². The number of nitrogens with two attached hydrogens (primary N) is 1. The number of rotatable bonds is 7. The first-order valence-electron chi connectivity index (χ1n) is 9.09. The molecule has 0 bridgehead atoms. The Morgan fingerprint density at radius 3 is 2.53 bits per heavy atom. The van der Waals surface area contributed by atoms with E-state index in [9.17, 15) is 19.2 Å². The van der Waals surface area contributed by atoms with Gasteiger partial charge in [-0.15, -0.1) is 11.3 Å². The summed E-state index contributed by atoms with van der Waals surface area (Å²) in [5, 5.41) is 1.72. The van der Waals surface area contributed by atoms with E-state index in [1.54, 1.807) is 24.4 Å². The maximum atomic E-state index is 12.7. The number of amides is 1. The summed E-state index contributed by atoms with van der Waals surface area (Å²) in [7, 11) is 0. The van der Waals surface area contributed by atoms with Crippen LogP contribution in [0.5, 0.6) is 0 Å². The Labute approximate surface area is 175 Å². The third-order valence-electron chi connectivity index (χ3n) is 4.33. The molecule has 1 aromatic carbocycles. The fourth-order valence-electron chi connectivity index (χ4n) is 2.89. The molecule has 0 aliphatic carbocycles. The number of ether oxygens (including phenoxy) is 1. The molecule has 0 aliphatic rings. The van der Waals surface area contributed by atoms with E-state index in [-0.39, 0.29) is 24.6 Å². The highest BCUT2D eigenvalue weighted by molar-refractivity contribution is 7.11. The monoisotopic (exact) mass is 428 g/mol. The number of thiophene rings is 1. The van der Waals surface area contributed by atoms with Gasteiger partial charge < -0.3 is 15.4 Å². The summed E-state index contributed by atoms with van der Waals surface area (Å²) in [5.41, 5.74) is 5.28. The van der Waals surface area contributed by atoms with Crippen LogP contribution in [0.25, 0.3) is 0 Å². The second-order valence-corrected chi connectivity index (χ2v) is 7.20. The van der Waals surface area contributed by atoms with Crippen molar-refractivity contribution in [3.05, 3.63) is 79.1 Å². The number of aromatic nitrogens is 2. The van der Waals surface area contributed by atoms with E-state index in [2.05, 4.69) is 4.98 Å². The predicted octanol–water partition coefficient (Wildman–Crippen LogP) is 1.44. The Balaban J connectivity index is 1.87. The maximum Gasteiger partial charge on any atom is 0.348 e. The van der Waals surface area contributed by atoms with Gasteiger partial charge >= 0.3 is 11.7 Å². The van der Waals surface area contributed by atoms with Crippen molar-refractivity contribution in [2.24, 2.45) is 0 Å². The van der Waals surface area contributed by atoms with Crippen molar-refractivity contribution in [1.82, 2.24) is 9.55 Å². The Morgan fingerprint density at radius 1 is 1.17 bits per heavy atom. The van der Waals surface area contributed by atoms with Gasteiger partial charge in [0.2, 0.25) is 0 Å². The molecule has 0 atom stereocenters. The Hall–Kier alpha value is -3.66. The largest absolute Gasteiger partial charge is 0.451 e. The number of nitrogen functional groups attached to an aromatic ring is 1. The molecule has 30 heavy (non-hydrogen) atoms. The van der Waals surface area contributed by atoms with Gasteiger partial charge in [0.1, 0.15) is 10.7 Å². The van der Waals surface area contributed by atoms with Gasteiger partial charge in [0.25, 0.3) is 11.5 Å². The SMILES string of the molecule is CCN(C(=O)COC(=O)c1cccs1)c1c(N)n(Cc2ccccc2)c(=O)[nH]c1=O. The molecule has 2 aromatic heterocycles. The molecular weight excluding hydrogens is 408 g/mol. The van der Waals surface area contributed by atoms with Crippen molar-refractivity contribution in [2.45, 2.75) is 13.5 Å². The summed E-state index contributed by atoms with van der Waals surface area (Å²) >= 11 is 1.19. The van der Waals surface area contributed by atoms with E-state index in [1.165, 1.54) is 15.9 Å². The van der Waals surface area contributed by atoms with E-state index >= 15 is 0 Å². The second-order valence-electron chi connectivity index (χ2n) is 6.26. The smallest absolute Gasteiger partial charge is 0.348 e. The molecular formula is C20H20N4O5S. The molecule has 0 aliphatic heterocycles. The number of nitrogens with one attached hydrogen (secondary N) is 1. The van der Waals surface area contributed by atoms with Crippen LogP contribution in [0, 0.1) is 0 Å². The zero-order chi connectivity index (χ0) is 21.7. The number of aromatic amines is 1. The normalized spacial score (nSPS) is 10.6. The quantitative estimate of drug-likeness (QED) is 0.548. The fraction of sp³-hybridized carbons (Fsp3) is 0.200. The van der Waals surface area contributed by atoms with Crippen molar-refractivity contribution in [2.75, 3.05) is 23.8 Å². The Bertz CT molecular complexity index is 1150. The number of carbonyl (C=O) groups excluding carboxylic acids is 2. The highest BCUT2D eigenvalue weighted by atomic mass is 32.1. The van der Waals surface area contributed by atoms with Gasteiger partial charge in [-0.25, -0.2) is 9.59 Å². The van der Waals surface area contributed by atoms with E-state index in [0.29, 0.717) is 4.88 Å². The van der Waals surface area contributed by atoms with Gasteiger partial charge in [0.15, 0.2) is 12.3 Å². The van der Waals surface area contributed by atoms with Crippen LogP contribution in [0.2, 0.25) is 0 Å². The lowest BCUT2D eigenvalue weighted by Gasteiger charge is -2.23. The number of carbonyl (C=O) groups is 2. The summed E-state index contributed by atoms with van der Waals surface area (Å²) < 4.78 is 6.22. The number of hydrogen-bond donors (Lipinski definition) is 2. The van der Waals surface area contributed by atoms with Gasteiger partial charge in [-0.3, -0.25) is 19.1 Å². The average molecular weight is 428 g/mol. The number of benzene rings is 1. The van der Waals surface area contributed by atoms with E-state index in [1.807, 2.05) is 30.3 Å². The topological polar surface area (TPSA) is 127 Å². The molecule has 156 valence electrons. The zero-order valence-corrected chi connectivity index (χ0v) is 17.0. The van der Waals surface area contributed by atoms with E-state index < -0.39 is 29.7 Å². The molecule has 0 spiro atoms. The van der Waals surface area contributed by atoms with Crippen LogP contribution in [0.4, 0.5) is 11.5 Å². The number of hydrogen-bond acceptors (Lipinski definition) is 7. The summed E-state index contributed by atoms with van der Waals surface area (Å²) in [6, 6.07) is 12.4. The number of esters is 1. The van der Waals surface area contributed by atoms with E-state index in [4.69, 9.17) is 10.5 Å². The van der Waals surface area contributed by atoms with Crippen molar-refractivity contribution in [1.29, 1.82) is 0 Å². The lowest BCUT2D eigenvalue weighted by atomic mass is 10.2. The van der Waals surface area contributed by atoms with Gasteiger partial charge in [0.05, 0.1) is 6.54 Å². The van der Waals surface area contributed by atoms with Crippen molar-refractivity contribution in [3.63, 3.8) is 0 Å². The zero-order valence-electron chi connectivity index (χ0n) is 16.2. The summed E-state index contributed by atoms with van der Waals surface area (Å²) in [6.07, 6.45) is 0. The number of likely N-dealkylation sites (N-methyl/N-ethyl adjacent to an activating group) is 1. The first-order chi connectivity index (χ1) is 14.4. The number of anilines is 2. The van der Waals surface area contributed by atoms with Gasteiger partial charge in [0, 0.05) is 6.54 Å². The van der Waals surface area contributed by atoms with Crippen LogP contribution in [-0.2, 0) is 16.1 Å². The maximum absolute atomic E-state index is 12.7. The van der Waals surface area contributed by atoms with Crippen LogP contribution in [0.15, 0.2) is 57.4 Å². The standard InChI is InChI=1S/C20H20N4O5S/c1-2-23(15(25)12-29-19(27)14-9-6-10-30-14)16-17(21)24(20(28)22-18(16)26)11-13-7-4-3-5-8-13/h3-10H,2,11-12,21H2,1H3,(H,22,26,28). The number of H-pyrrole nitrogens is 1.